The fraction of sp³-hybridized carbons (Fsp3) is 0.192. The Kier molecular flexibility index (Phi) is 23.0. The first-order chi connectivity index (χ1) is 53.1. The van der Waals surface area contributed by atoms with Crippen LogP contribution in [-0.2, 0) is 21.7 Å². The van der Waals surface area contributed by atoms with Crippen molar-refractivity contribution in [1.82, 2.24) is 0 Å². The van der Waals surface area contributed by atoms with Gasteiger partial charge in [0.1, 0.15) is 10.0 Å². The molecule has 14 rings (SSSR count). The molecular formula is C104H100N2S2. The quantitative estimate of drug-likeness (QED) is 0.0431. The number of hydrogen-bond acceptors (Lipinski definition) is 4. The smallest absolute Gasteiger partial charge is 0.101 e. The summed E-state index contributed by atoms with van der Waals surface area (Å²) in [6.07, 6.45) is 12.9. The van der Waals surface area contributed by atoms with Crippen molar-refractivity contribution in [2.75, 3.05) is 9.80 Å². The summed E-state index contributed by atoms with van der Waals surface area (Å²) in [7, 11) is 0. The van der Waals surface area contributed by atoms with Gasteiger partial charge in [-0.1, -0.05) is 334 Å². The van der Waals surface area contributed by atoms with Crippen LogP contribution in [0.2, 0.25) is 0 Å². The fourth-order valence-corrected chi connectivity index (χ4v) is 19.6. The molecular weight excluding hydrogens is 1340 g/mol. The van der Waals surface area contributed by atoms with Crippen molar-refractivity contribution >= 4 is 78.7 Å². The molecule has 0 spiro atoms. The van der Waals surface area contributed by atoms with Gasteiger partial charge in [0.25, 0.3) is 0 Å². The Hall–Kier alpha value is -10.9. The van der Waals surface area contributed by atoms with Gasteiger partial charge >= 0.3 is 0 Å². The lowest BCUT2D eigenvalue weighted by atomic mass is 9.70. The van der Waals surface area contributed by atoms with Crippen LogP contribution < -0.4 is 9.80 Å². The van der Waals surface area contributed by atoms with E-state index < -0.39 is 0 Å². The lowest BCUT2D eigenvalue weighted by Crippen LogP contribution is -2.26. The molecule has 0 fully saturated rings. The Balaban J connectivity index is 0.771. The molecule has 12 aromatic carbocycles. The van der Waals surface area contributed by atoms with E-state index >= 15 is 0 Å². The van der Waals surface area contributed by atoms with Crippen LogP contribution in [0.4, 0.5) is 32.8 Å². The molecule has 0 saturated heterocycles. The second kappa shape index (κ2) is 33.5. The third kappa shape index (κ3) is 14.7. The van der Waals surface area contributed by atoms with Gasteiger partial charge in [-0.15, -0.1) is 22.7 Å². The molecule has 0 bridgehead atoms. The molecule has 0 aliphatic rings. The van der Waals surface area contributed by atoms with E-state index in [1.807, 2.05) is 22.7 Å². The summed E-state index contributed by atoms with van der Waals surface area (Å²) in [5, 5.41) is 2.31. The molecule has 0 atom stereocenters. The predicted octanol–water partition coefficient (Wildman–Crippen LogP) is 30.0. The molecule has 0 amide bonds. The summed E-state index contributed by atoms with van der Waals surface area (Å²) in [5.41, 5.74) is 24.4. The molecule has 2 aromatic heterocycles. The van der Waals surface area contributed by atoms with Crippen LogP contribution in [0.3, 0.4) is 0 Å². The van der Waals surface area contributed by atoms with Crippen LogP contribution in [-0.4, -0.2) is 0 Å². The van der Waals surface area contributed by atoms with Gasteiger partial charge < -0.3 is 9.80 Å². The zero-order chi connectivity index (χ0) is 74.5. The first kappa shape index (κ1) is 74.0. The molecule has 108 heavy (non-hydrogen) atoms. The van der Waals surface area contributed by atoms with Crippen LogP contribution in [0, 0.1) is 0 Å². The highest BCUT2D eigenvalue weighted by Gasteiger charge is 2.35. The Labute approximate surface area is 651 Å². The van der Waals surface area contributed by atoms with Crippen molar-refractivity contribution in [2.24, 2.45) is 0 Å². The monoisotopic (exact) mass is 1440 g/mol. The molecule has 4 heteroatoms. The lowest BCUT2D eigenvalue weighted by Gasteiger charge is -2.34. The van der Waals surface area contributed by atoms with Gasteiger partial charge in [0.15, 0.2) is 0 Å². The molecule has 0 aliphatic heterocycles. The molecule has 14 aromatic rings. The summed E-state index contributed by atoms with van der Waals surface area (Å²) in [6.45, 7) is 18.6. The van der Waals surface area contributed by atoms with Crippen molar-refractivity contribution in [3.05, 3.63) is 428 Å². The first-order valence-corrected chi connectivity index (χ1v) is 40.9. The average Bonchev–Trinajstić information content (AvgIpc) is 1.04. The van der Waals surface area contributed by atoms with Gasteiger partial charge in [0.2, 0.25) is 0 Å². The van der Waals surface area contributed by atoms with E-state index in [-0.39, 0.29) is 21.7 Å². The maximum absolute atomic E-state index is 2.46. The highest BCUT2D eigenvalue weighted by Crippen LogP contribution is 2.50. The number of thiophene rings is 2. The van der Waals surface area contributed by atoms with Gasteiger partial charge in [-0.25, -0.2) is 0 Å². The Morgan fingerprint density at radius 3 is 0.667 bits per heavy atom. The van der Waals surface area contributed by atoms with Gasteiger partial charge in [-0.05, 0) is 225 Å². The highest BCUT2D eigenvalue weighted by atomic mass is 32.1. The molecule has 0 N–H and O–H groups in total. The maximum atomic E-state index is 2.46. The summed E-state index contributed by atoms with van der Waals surface area (Å²) in [6, 6.07) is 131. The SMILES string of the molecule is CCC(CC)(c1ccccc1)c1ccc(N(c2ccc(C(CC)(CC)c3ccccc3)cc2)c2ccc(C(=Cc3ccc(-c4ccc(C=C(c5ccccc5)c5ccc(N(c6ccc(C(CC)(CC)c7ccccc7)cc6)c6ccc(C(CC)(CC)c7ccccc7)cc6)s5)cc4)cc3)c3ccccc3)s2)cc1. The Morgan fingerprint density at radius 2 is 0.444 bits per heavy atom. The minimum atomic E-state index is -0.0815. The summed E-state index contributed by atoms with van der Waals surface area (Å²) < 4.78 is 0. The van der Waals surface area contributed by atoms with Crippen LogP contribution in [0.1, 0.15) is 183 Å². The Bertz CT molecular complexity index is 4680. The average molecular weight is 1440 g/mol. The van der Waals surface area contributed by atoms with Gasteiger partial charge in [-0.2, -0.15) is 0 Å². The van der Waals surface area contributed by atoms with Gasteiger partial charge in [-0.3, -0.25) is 0 Å². The summed E-state index contributed by atoms with van der Waals surface area (Å²) >= 11 is 3.68. The maximum Gasteiger partial charge on any atom is 0.101 e. The lowest BCUT2D eigenvalue weighted by molar-refractivity contribution is 0.478. The van der Waals surface area contributed by atoms with Crippen LogP contribution in [0.25, 0.3) is 34.4 Å². The molecule has 538 valence electrons. The predicted molar refractivity (Wildman–Crippen MR) is 468 cm³/mol. The van der Waals surface area contributed by atoms with Crippen molar-refractivity contribution in [2.45, 2.75) is 128 Å². The van der Waals surface area contributed by atoms with E-state index in [0.717, 1.165) is 95.2 Å². The molecule has 0 aliphatic carbocycles. The Morgan fingerprint density at radius 1 is 0.231 bits per heavy atom. The van der Waals surface area contributed by atoms with Crippen molar-refractivity contribution < 1.29 is 0 Å². The molecule has 0 saturated carbocycles. The van der Waals surface area contributed by atoms with Crippen LogP contribution >= 0.6 is 22.7 Å². The number of anilines is 6. The van der Waals surface area contributed by atoms with E-state index in [4.69, 9.17) is 0 Å². The molecule has 2 nitrogen and oxygen atoms in total. The van der Waals surface area contributed by atoms with E-state index in [1.165, 1.54) is 87.7 Å². The third-order valence-electron chi connectivity index (χ3n) is 23.9. The second-order valence-electron chi connectivity index (χ2n) is 28.8. The molecule has 2 heterocycles. The van der Waals surface area contributed by atoms with Crippen LogP contribution in [0.5, 0.6) is 0 Å². The summed E-state index contributed by atoms with van der Waals surface area (Å²) in [4.78, 5) is 7.33. The normalized spacial score (nSPS) is 12.3. The van der Waals surface area contributed by atoms with Crippen molar-refractivity contribution in [3.63, 3.8) is 0 Å². The second-order valence-corrected chi connectivity index (χ2v) is 31.0. The fourth-order valence-electron chi connectivity index (χ4n) is 17.4. The van der Waals surface area contributed by atoms with Crippen LogP contribution in [0.15, 0.2) is 352 Å². The third-order valence-corrected chi connectivity index (χ3v) is 26.2. The largest absolute Gasteiger partial charge is 0.302 e. The number of nitrogens with zero attached hydrogens (tertiary/aromatic N) is 2. The van der Waals surface area contributed by atoms with Gasteiger partial charge in [0, 0.05) is 54.2 Å². The highest BCUT2D eigenvalue weighted by molar-refractivity contribution is 7.17. The van der Waals surface area contributed by atoms with E-state index in [9.17, 15) is 0 Å². The summed E-state index contributed by atoms with van der Waals surface area (Å²) in [5.74, 6) is 0. The van der Waals surface area contributed by atoms with E-state index in [2.05, 4.69) is 429 Å². The number of rotatable bonds is 29. The van der Waals surface area contributed by atoms with E-state index in [0.29, 0.717) is 0 Å². The molecule has 0 unspecified atom stereocenters. The zero-order valence-corrected chi connectivity index (χ0v) is 65.6. The minimum Gasteiger partial charge on any atom is -0.302 e. The van der Waals surface area contributed by atoms with Crippen molar-refractivity contribution in [1.29, 1.82) is 0 Å². The van der Waals surface area contributed by atoms with E-state index in [1.54, 1.807) is 0 Å². The van der Waals surface area contributed by atoms with Gasteiger partial charge in [0.05, 0.1) is 0 Å². The minimum absolute atomic E-state index is 0.0815. The topological polar surface area (TPSA) is 6.48 Å². The zero-order valence-electron chi connectivity index (χ0n) is 64.0. The standard InChI is InChI=1S/C104H100N2S2/c1-9-101(10-2,83-39-27-19-28-40-83)87-55-63-91(64-56-87)105(92-65-57-88(58-66-92)102(11-3,12-4)84-41-29-20-30-42-84)99-73-71-97(107-99)95(81-35-23-17-24-36-81)75-77-47-51-79(52-48-77)80-53-49-78(50-54-80)76-96(82-37-25-18-26-38-82)98-72-74-100(108-98)106(93-67-59-89(60-68-93)103(13-5,14-6)85-43-31-21-32-44-85)94-69-61-90(62-70-94)104(15-7,16-8)86-45-33-22-34-46-86/h17-76H,9-16H2,1-8H3. The van der Waals surface area contributed by atoms with Crippen molar-refractivity contribution in [3.8, 4) is 11.1 Å². The number of hydrogen-bond donors (Lipinski definition) is 0. The first-order valence-electron chi connectivity index (χ1n) is 39.3. The molecule has 0 radical (unpaired) electrons. The number of benzene rings is 12.